The fourth-order valence-electron chi connectivity index (χ4n) is 4.06. The fraction of sp³-hybridized carbons (Fsp3) is 0.370. The minimum absolute atomic E-state index is 0.00371. The summed E-state index contributed by atoms with van der Waals surface area (Å²) < 4.78 is 6.35. The molecular weight excluding hydrogens is 456 g/mol. The average Bonchev–Trinajstić information content (AvgIpc) is 2.90. The van der Waals surface area contributed by atoms with Crippen molar-refractivity contribution in [3.05, 3.63) is 77.8 Å². The summed E-state index contributed by atoms with van der Waals surface area (Å²) in [6.45, 7) is 5.45. The second-order valence-electron chi connectivity index (χ2n) is 9.11. The SMILES string of the molecule is C[C@H]1CN([C@@H](C)CO)C(=O)c2cc(C#Cc3ccccn3)cnc2O[C@@H]1CN(C)Cc1cncnc1. The van der Waals surface area contributed by atoms with E-state index in [4.69, 9.17) is 4.74 Å². The van der Waals surface area contributed by atoms with Crippen LogP contribution in [0.2, 0.25) is 0 Å². The number of pyridine rings is 2. The molecule has 0 radical (unpaired) electrons. The molecule has 3 aromatic rings. The first-order chi connectivity index (χ1) is 17.4. The first-order valence-corrected chi connectivity index (χ1v) is 11.9. The lowest BCUT2D eigenvalue weighted by Crippen LogP contribution is -2.49. The Morgan fingerprint density at radius 3 is 2.75 bits per heavy atom. The first-order valence-electron chi connectivity index (χ1n) is 11.9. The van der Waals surface area contributed by atoms with Crippen LogP contribution in [0, 0.1) is 17.8 Å². The van der Waals surface area contributed by atoms with Crippen molar-refractivity contribution in [3.63, 3.8) is 0 Å². The van der Waals surface area contributed by atoms with Crippen LogP contribution < -0.4 is 4.74 Å². The number of aliphatic hydroxyl groups excluding tert-OH is 1. The third kappa shape index (κ3) is 6.22. The van der Waals surface area contributed by atoms with Gasteiger partial charge in [0.2, 0.25) is 5.88 Å². The molecule has 3 atom stereocenters. The molecule has 4 heterocycles. The number of hydrogen-bond donors (Lipinski definition) is 1. The summed E-state index contributed by atoms with van der Waals surface area (Å²) in [6.07, 6.45) is 8.14. The third-order valence-electron chi connectivity index (χ3n) is 6.08. The molecule has 0 aromatic carbocycles. The van der Waals surface area contributed by atoms with Crippen molar-refractivity contribution in [2.75, 3.05) is 26.7 Å². The number of likely N-dealkylation sites (N-methyl/N-ethyl adjacent to an activating group) is 1. The van der Waals surface area contributed by atoms with Crippen LogP contribution in [0.15, 0.2) is 55.4 Å². The molecule has 0 aliphatic carbocycles. The fourth-order valence-corrected chi connectivity index (χ4v) is 4.06. The zero-order valence-electron chi connectivity index (χ0n) is 20.7. The van der Waals surface area contributed by atoms with Crippen LogP contribution in [0.4, 0.5) is 0 Å². The third-order valence-corrected chi connectivity index (χ3v) is 6.08. The van der Waals surface area contributed by atoms with Crippen LogP contribution >= 0.6 is 0 Å². The lowest BCUT2D eigenvalue weighted by atomic mass is 9.99. The number of aromatic nitrogens is 4. The Bertz CT molecular complexity index is 1230. The molecule has 1 aliphatic rings. The van der Waals surface area contributed by atoms with Crippen LogP contribution in [0.25, 0.3) is 0 Å². The molecule has 9 heteroatoms. The van der Waals surface area contributed by atoms with E-state index in [0.717, 1.165) is 5.56 Å². The maximum absolute atomic E-state index is 13.5. The number of nitrogens with zero attached hydrogens (tertiary/aromatic N) is 6. The van der Waals surface area contributed by atoms with E-state index in [9.17, 15) is 9.90 Å². The Kier molecular flexibility index (Phi) is 8.21. The van der Waals surface area contributed by atoms with Crippen LogP contribution in [-0.2, 0) is 6.54 Å². The van der Waals surface area contributed by atoms with Crippen molar-refractivity contribution in [2.45, 2.75) is 32.5 Å². The number of hydrogen-bond acceptors (Lipinski definition) is 8. The van der Waals surface area contributed by atoms with Gasteiger partial charge in [-0.2, -0.15) is 0 Å². The van der Waals surface area contributed by atoms with Gasteiger partial charge < -0.3 is 14.7 Å². The molecule has 4 rings (SSSR count). The van der Waals surface area contributed by atoms with E-state index in [1.165, 1.54) is 6.33 Å². The first kappa shape index (κ1) is 25.2. The van der Waals surface area contributed by atoms with Crippen LogP contribution in [0.5, 0.6) is 5.88 Å². The maximum atomic E-state index is 13.5. The molecule has 0 fully saturated rings. The number of ether oxygens (including phenoxy) is 1. The molecule has 0 saturated heterocycles. The Morgan fingerprint density at radius 2 is 2.03 bits per heavy atom. The zero-order chi connectivity index (χ0) is 25.5. The molecule has 0 unspecified atom stereocenters. The standard InChI is InChI=1S/C27H30N6O3/c1-19-14-33(20(2)17-34)27(35)24-10-21(7-8-23-6-4-5-9-30-23)13-31-26(24)36-25(19)16-32(3)15-22-11-28-18-29-12-22/h4-6,9-13,18-20,25,34H,14-17H2,1-3H3/t19-,20-,25+/m0/s1. The van der Waals surface area contributed by atoms with Crippen LogP contribution in [0.3, 0.4) is 0 Å². The van der Waals surface area contributed by atoms with E-state index in [2.05, 4.69) is 36.7 Å². The lowest BCUT2D eigenvalue weighted by Gasteiger charge is -2.37. The number of amides is 1. The Hall–Kier alpha value is -3.87. The largest absolute Gasteiger partial charge is 0.472 e. The van der Waals surface area contributed by atoms with Gasteiger partial charge in [0.15, 0.2) is 0 Å². The molecule has 0 spiro atoms. The summed E-state index contributed by atoms with van der Waals surface area (Å²) in [7, 11) is 2.01. The van der Waals surface area contributed by atoms with Gasteiger partial charge in [0.25, 0.3) is 5.91 Å². The summed E-state index contributed by atoms with van der Waals surface area (Å²) >= 11 is 0. The molecule has 1 N–H and O–H groups in total. The number of carbonyl (C=O) groups excluding carboxylic acids is 1. The highest BCUT2D eigenvalue weighted by molar-refractivity contribution is 5.97. The summed E-state index contributed by atoms with van der Waals surface area (Å²) in [5, 5.41) is 9.85. The second kappa shape index (κ2) is 11.7. The molecule has 36 heavy (non-hydrogen) atoms. The molecule has 9 nitrogen and oxygen atoms in total. The highest BCUT2D eigenvalue weighted by Gasteiger charge is 2.34. The van der Waals surface area contributed by atoms with E-state index in [-0.39, 0.29) is 36.5 Å². The average molecular weight is 487 g/mol. The van der Waals surface area contributed by atoms with Gasteiger partial charge >= 0.3 is 0 Å². The van der Waals surface area contributed by atoms with Crippen LogP contribution in [-0.4, -0.2) is 79.6 Å². The van der Waals surface area contributed by atoms with Gasteiger partial charge in [0, 0.05) is 61.5 Å². The van der Waals surface area contributed by atoms with E-state index < -0.39 is 0 Å². The predicted molar refractivity (Wildman–Crippen MR) is 134 cm³/mol. The summed E-state index contributed by atoms with van der Waals surface area (Å²) in [5.41, 5.74) is 2.54. The number of rotatable bonds is 6. The topological polar surface area (TPSA) is 105 Å². The van der Waals surface area contributed by atoms with Gasteiger partial charge in [-0.25, -0.2) is 19.9 Å². The Balaban J connectivity index is 1.63. The van der Waals surface area contributed by atoms with Crippen molar-refractivity contribution in [3.8, 4) is 17.7 Å². The van der Waals surface area contributed by atoms with E-state index in [1.54, 1.807) is 35.8 Å². The van der Waals surface area contributed by atoms with Gasteiger partial charge in [-0.15, -0.1) is 0 Å². The summed E-state index contributed by atoms with van der Waals surface area (Å²) in [5.74, 6) is 6.06. The molecule has 3 aromatic heterocycles. The van der Waals surface area contributed by atoms with Crippen molar-refractivity contribution < 1.29 is 14.6 Å². The molecule has 0 bridgehead atoms. The van der Waals surface area contributed by atoms with Gasteiger partial charge in [-0.3, -0.25) is 9.69 Å². The Morgan fingerprint density at radius 1 is 1.22 bits per heavy atom. The molecule has 0 saturated carbocycles. The van der Waals surface area contributed by atoms with Crippen molar-refractivity contribution in [2.24, 2.45) is 5.92 Å². The van der Waals surface area contributed by atoms with Gasteiger partial charge in [-0.05, 0) is 38.1 Å². The van der Waals surface area contributed by atoms with Gasteiger partial charge in [0.05, 0.1) is 12.6 Å². The molecule has 186 valence electrons. The maximum Gasteiger partial charge on any atom is 0.259 e. The van der Waals surface area contributed by atoms with Crippen molar-refractivity contribution in [1.82, 2.24) is 29.7 Å². The van der Waals surface area contributed by atoms with E-state index in [0.29, 0.717) is 36.5 Å². The number of aliphatic hydroxyl groups is 1. The molecule has 1 aliphatic heterocycles. The highest BCUT2D eigenvalue weighted by Crippen LogP contribution is 2.27. The number of fused-ring (bicyclic) bond motifs is 1. The van der Waals surface area contributed by atoms with E-state index in [1.807, 2.05) is 39.1 Å². The van der Waals surface area contributed by atoms with Crippen molar-refractivity contribution >= 4 is 5.91 Å². The van der Waals surface area contributed by atoms with Gasteiger partial charge in [-0.1, -0.05) is 18.9 Å². The quantitative estimate of drug-likeness (QED) is 0.528. The molecular formula is C27H30N6O3. The number of carbonyl (C=O) groups is 1. The van der Waals surface area contributed by atoms with Gasteiger partial charge in [0.1, 0.15) is 23.7 Å². The predicted octanol–water partition coefficient (Wildman–Crippen LogP) is 2.02. The second-order valence-corrected chi connectivity index (χ2v) is 9.11. The van der Waals surface area contributed by atoms with Crippen LogP contribution in [0.1, 0.15) is 41.0 Å². The summed E-state index contributed by atoms with van der Waals surface area (Å²) in [6, 6.07) is 6.86. The zero-order valence-corrected chi connectivity index (χ0v) is 20.7. The van der Waals surface area contributed by atoms with Crippen molar-refractivity contribution in [1.29, 1.82) is 0 Å². The minimum Gasteiger partial charge on any atom is -0.472 e. The minimum atomic E-state index is -0.353. The van der Waals surface area contributed by atoms with E-state index >= 15 is 0 Å². The summed E-state index contributed by atoms with van der Waals surface area (Å²) in [4.78, 5) is 34.2. The monoisotopic (exact) mass is 486 g/mol. The normalized spacial score (nSPS) is 18.4. The Labute approximate surface area is 211 Å². The molecule has 1 amide bonds. The smallest absolute Gasteiger partial charge is 0.259 e. The lowest BCUT2D eigenvalue weighted by molar-refractivity contribution is 0.0325. The highest BCUT2D eigenvalue weighted by atomic mass is 16.5.